The van der Waals surface area contributed by atoms with Crippen LogP contribution in [0, 0.1) is 5.82 Å². The van der Waals surface area contributed by atoms with E-state index in [1.807, 2.05) is 0 Å². The molecule has 0 radical (unpaired) electrons. The topological polar surface area (TPSA) is 41.1 Å². The van der Waals surface area contributed by atoms with Gasteiger partial charge in [0, 0.05) is 20.1 Å². The summed E-state index contributed by atoms with van der Waals surface area (Å²) in [6, 6.07) is 0. The van der Waals surface area contributed by atoms with Crippen LogP contribution in [0.15, 0.2) is 6.20 Å². The molecule has 0 aliphatic carbocycles. The highest BCUT2D eigenvalue weighted by molar-refractivity contribution is 5.42. The molecule has 82 valence electrons. The van der Waals surface area contributed by atoms with Crippen molar-refractivity contribution in [1.29, 1.82) is 0 Å². The quantitative estimate of drug-likeness (QED) is 0.805. The van der Waals surface area contributed by atoms with E-state index in [1.54, 1.807) is 7.05 Å². The van der Waals surface area contributed by atoms with Gasteiger partial charge >= 0.3 is 0 Å². The van der Waals surface area contributed by atoms with Crippen LogP contribution < -0.4 is 10.2 Å². The molecule has 1 saturated heterocycles. The Balaban J connectivity index is 2.20. The minimum absolute atomic E-state index is 0.269. The summed E-state index contributed by atoms with van der Waals surface area (Å²) in [5.41, 5.74) is 0. The normalized spacial score (nSPS) is 16.5. The summed E-state index contributed by atoms with van der Waals surface area (Å²) in [5.74, 6) is 0.490. The molecule has 5 heteroatoms. The fourth-order valence-electron chi connectivity index (χ4n) is 1.78. The second-order valence-corrected chi connectivity index (χ2v) is 3.66. The van der Waals surface area contributed by atoms with E-state index >= 15 is 0 Å². The van der Waals surface area contributed by atoms with E-state index in [-0.39, 0.29) is 5.82 Å². The Morgan fingerprint density at radius 2 is 2.07 bits per heavy atom. The minimum Gasteiger partial charge on any atom is -0.371 e. The van der Waals surface area contributed by atoms with Gasteiger partial charge in [0.1, 0.15) is 0 Å². The second-order valence-electron chi connectivity index (χ2n) is 3.66. The van der Waals surface area contributed by atoms with Gasteiger partial charge in [0.15, 0.2) is 11.6 Å². The molecule has 1 N–H and O–H groups in total. The fourth-order valence-corrected chi connectivity index (χ4v) is 1.78. The van der Waals surface area contributed by atoms with Crippen LogP contribution in [-0.2, 0) is 0 Å². The van der Waals surface area contributed by atoms with Gasteiger partial charge in [-0.3, -0.25) is 0 Å². The molecule has 2 rings (SSSR count). The second kappa shape index (κ2) is 4.42. The van der Waals surface area contributed by atoms with E-state index in [0.717, 1.165) is 25.9 Å². The van der Waals surface area contributed by atoms with Gasteiger partial charge in [0.2, 0.25) is 5.95 Å². The van der Waals surface area contributed by atoms with E-state index in [1.165, 1.54) is 12.6 Å². The maximum Gasteiger partial charge on any atom is 0.227 e. The lowest BCUT2D eigenvalue weighted by molar-refractivity contribution is 0.563. The van der Waals surface area contributed by atoms with Gasteiger partial charge in [-0.25, -0.2) is 9.37 Å². The number of halogens is 1. The first-order chi connectivity index (χ1) is 7.31. The molecule has 0 spiro atoms. The molecule has 4 nitrogen and oxygen atoms in total. The Bertz CT molecular complexity index is 336. The Morgan fingerprint density at radius 3 is 2.73 bits per heavy atom. The van der Waals surface area contributed by atoms with Gasteiger partial charge < -0.3 is 10.2 Å². The van der Waals surface area contributed by atoms with E-state index in [0.29, 0.717) is 5.95 Å². The zero-order valence-corrected chi connectivity index (χ0v) is 8.83. The van der Waals surface area contributed by atoms with Crippen LogP contribution >= 0.6 is 0 Å². The first-order valence-corrected chi connectivity index (χ1v) is 5.26. The van der Waals surface area contributed by atoms with Crippen molar-refractivity contribution in [1.82, 2.24) is 9.97 Å². The highest BCUT2D eigenvalue weighted by Crippen LogP contribution is 2.18. The Kier molecular flexibility index (Phi) is 2.99. The lowest BCUT2D eigenvalue weighted by atomic mass is 10.1. The monoisotopic (exact) mass is 210 g/mol. The van der Waals surface area contributed by atoms with Crippen molar-refractivity contribution in [2.24, 2.45) is 0 Å². The number of nitrogens with zero attached hydrogens (tertiary/aromatic N) is 3. The number of aromatic nitrogens is 2. The summed E-state index contributed by atoms with van der Waals surface area (Å²) >= 11 is 0. The lowest BCUT2D eigenvalue weighted by Gasteiger charge is -2.26. The maximum absolute atomic E-state index is 13.1. The van der Waals surface area contributed by atoms with Crippen molar-refractivity contribution < 1.29 is 4.39 Å². The smallest absolute Gasteiger partial charge is 0.227 e. The molecular weight excluding hydrogens is 195 g/mol. The van der Waals surface area contributed by atoms with Gasteiger partial charge in [-0.15, -0.1) is 0 Å². The molecule has 1 aromatic heterocycles. The molecule has 1 aromatic rings. The van der Waals surface area contributed by atoms with Crippen molar-refractivity contribution in [2.45, 2.75) is 19.3 Å². The summed E-state index contributed by atoms with van der Waals surface area (Å²) in [6.45, 7) is 1.93. The zero-order valence-electron chi connectivity index (χ0n) is 8.83. The number of hydrogen-bond donors (Lipinski definition) is 1. The molecule has 2 heterocycles. The van der Waals surface area contributed by atoms with Crippen LogP contribution in [-0.4, -0.2) is 30.1 Å². The summed E-state index contributed by atoms with van der Waals surface area (Å²) < 4.78 is 13.1. The molecule has 0 amide bonds. The highest BCUT2D eigenvalue weighted by Gasteiger charge is 2.14. The largest absolute Gasteiger partial charge is 0.371 e. The highest BCUT2D eigenvalue weighted by atomic mass is 19.1. The fraction of sp³-hybridized carbons (Fsp3) is 0.600. The molecule has 1 aliphatic rings. The maximum atomic E-state index is 13.1. The third-order valence-electron chi connectivity index (χ3n) is 2.61. The number of anilines is 2. The van der Waals surface area contributed by atoms with Crippen molar-refractivity contribution in [3.8, 4) is 0 Å². The molecule has 1 aliphatic heterocycles. The average Bonchev–Trinajstić information content (AvgIpc) is 2.31. The van der Waals surface area contributed by atoms with Crippen LogP contribution in [0.3, 0.4) is 0 Å². The Labute approximate surface area is 88.5 Å². The van der Waals surface area contributed by atoms with Crippen molar-refractivity contribution in [3.05, 3.63) is 12.0 Å². The summed E-state index contributed by atoms with van der Waals surface area (Å²) in [7, 11) is 1.66. The molecule has 15 heavy (non-hydrogen) atoms. The third kappa shape index (κ3) is 2.16. The van der Waals surface area contributed by atoms with Gasteiger partial charge in [0.05, 0.1) is 6.20 Å². The van der Waals surface area contributed by atoms with Crippen molar-refractivity contribution >= 4 is 11.8 Å². The van der Waals surface area contributed by atoms with Gasteiger partial charge in [-0.1, -0.05) is 0 Å². The van der Waals surface area contributed by atoms with Crippen LogP contribution in [0.5, 0.6) is 0 Å². The van der Waals surface area contributed by atoms with Crippen LogP contribution in [0.25, 0.3) is 0 Å². The van der Waals surface area contributed by atoms with Crippen LogP contribution in [0.1, 0.15) is 19.3 Å². The molecule has 0 atom stereocenters. The van der Waals surface area contributed by atoms with E-state index in [9.17, 15) is 4.39 Å². The van der Waals surface area contributed by atoms with Gasteiger partial charge in [-0.05, 0) is 19.3 Å². The summed E-state index contributed by atoms with van der Waals surface area (Å²) in [5, 5.41) is 2.72. The van der Waals surface area contributed by atoms with E-state index in [2.05, 4.69) is 20.2 Å². The molecule has 1 fully saturated rings. The van der Waals surface area contributed by atoms with Crippen LogP contribution in [0.2, 0.25) is 0 Å². The van der Waals surface area contributed by atoms with Gasteiger partial charge in [-0.2, -0.15) is 4.98 Å². The predicted molar refractivity (Wildman–Crippen MR) is 57.6 cm³/mol. The average molecular weight is 210 g/mol. The van der Waals surface area contributed by atoms with Crippen LogP contribution in [0.4, 0.5) is 16.2 Å². The van der Waals surface area contributed by atoms with Crippen molar-refractivity contribution in [3.63, 3.8) is 0 Å². The predicted octanol–water partition coefficient (Wildman–Crippen LogP) is 1.65. The lowest BCUT2D eigenvalue weighted by Crippen LogP contribution is -2.31. The first-order valence-electron chi connectivity index (χ1n) is 5.26. The Morgan fingerprint density at radius 1 is 1.33 bits per heavy atom. The van der Waals surface area contributed by atoms with Crippen molar-refractivity contribution in [2.75, 3.05) is 30.4 Å². The third-order valence-corrected chi connectivity index (χ3v) is 2.61. The standard InChI is InChI=1S/C10H15FN4/c1-12-9-8(11)7-13-10(14-9)15-5-3-2-4-6-15/h7H,2-6H2,1H3,(H,12,13,14). The zero-order chi connectivity index (χ0) is 10.7. The molecule has 0 aromatic carbocycles. The number of piperidine rings is 1. The number of hydrogen-bond acceptors (Lipinski definition) is 4. The Hall–Kier alpha value is -1.39. The SMILES string of the molecule is CNc1nc(N2CCCCC2)ncc1F. The summed E-state index contributed by atoms with van der Waals surface area (Å²) in [6.07, 6.45) is 4.81. The van der Waals surface area contributed by atoms with Gasteiger partial charge in [0.25, 0.3) is 0 Å². The summed E-state index contributed by atoms with van der Waals surface area (Å²) in [4.78, 5) is 10.3. The first kappa shape index (κ1) is 10.1. The number of rotatable bonds is 2. The van der Waals surface area contributed by atoms with E-state index < -0.39 is 5.82 Å². The molecule has 0 saturated carbocycles. The molecular formula is C10H15FN4. The number of nitrogens with one attached hydrogen (secondary N) is 1. The molecule has 0 unspecified atom stereocenters. The minimum atomic E-state index is -0.404. The van der Waals surface area contributed by atoms with E-state index in [4.69, 9.17) is 0 Å². The molecule has 0 bridgehead atoms.